The van der Waals surface area contributed by atoms with E-state index in [2.05, 4.69) is 31.6 Å². The fraction of sp³-hybridized carbons (Fsp3) is 0.0909. The molecule has 0 fully saturated rings. The summed E-state index contributed by atoms with van der Waals surface area (Å²) >= 11 is 0. The van der Waals surface area contributed by atoms with E-state index in [1.54, 1.807) is 12.3 Å². The number of aromatic nitrogens is 4. The zero-order valence-corrected chi connectivity index (χ0v) is 15.3. The Morgan fingerprint density at radius 1 is 1.07 bits per heavy atom. The maximum Gasteiger partial charge on any atom is 0.223 e. The lowest BCUT2D eigenvalue weighted by atomic mass is 10.0. The van der Waals surface area contributed by atoms with E-state index in [-0.39, 0.29) is 0 Å². The number of aryl methyl sites for hydroxylation is 1. The van der Waals surface area contributed by atoms with Crippen molar-refractivity contribution in [2.45, 2.75) is 13.5 Å². The lowest BCUT2D eigenvalue weighted by Gasteiger charge is -2.09. The van der Waals surface area contributed by atoms with Crippen molar-refractivity contribution in [3.05, 3.63) is 83.7 Å². The molecule has 6 nitrogen and oxygen atoms in total. The van der Waals surface area contributed by atoms with E-state index in [9.17, 15) is 5.26 Å². The smallest absolute Gasteiger partial charge is 0.223 e. The Balaban J connectivity index is 1.54. The number of aromatic amines is 1. The molecule has 0 spiro atoms. The highest BCUT2D eigenvalue weighted by molar-refractivity contribution is 5.70. The van der Waals surface area contributed by atoms with Gasteiger partial charge in [-0.1, -0.05) is 48.5 Å². The summed E-state index contributed by atoms with van der Waals surface area (Å²) in [5.41, 5.74) is 5.96. The maximum absolute atomic E-state index is 9.37. The topological polar surface area (TPSA) is 90.3 Å². The number of hydrogen-bond donors (Lipinski definition) is 2. The van der Waals surface area contributed by atoms with Crippen molar-refractivity contribution >= 4 is 5.95 Å². The molecule has 0 aliphatic carbocycles. The molecule has 136 valence electrons. The van der Waals surface area contributed by atoms with E-state index >= 15 is 0 Å². The largest absolute Gasteiger partial charge is 0.349 e. The van der Waals surface area contributed by atoms with Crippen LogP contribution >= 0.6 is 0 Å². The average molecular weight is 366 g/mol. The van der Waals surface area contributed by atoms with Crippen molar-refractivity contribution in [2.24, 2.45) is 0 Å². The number of nitrogens with zero attached hydrogens (tertiary/aromatic N) is 4. The van der Waals surface area contributed by atoms with Crippen molar-refractivity contribution in [1.29, 1.82) is 5.26 Å². The van der Waals surface area contributed by atoms with Crippen molar-refractivity contribution in [2.75, 3.05) is 5.32 Å². The van der Waals surface area contributed by atoms with Gasteiger partial charge in [-0.2, -0.15) is 10.4 Å². The van der Waals surface area contributed by atoms with Crippen LogP contribution in [0.1, 0.15) is 16.8 Å². The summed E-state index contributed by atoms with van der Waals surface area (Å²) in [6.45, 7) is 2.45. The third-order valence-electron chi connectivity index (χ3n) is 4.41. The number of H-pyrrole nitrogens is 1. The number of anilines is 1. The molecule has 2 aromatic carbocycles. The van der Waals surface area contributed by atoms with Crippen LogP contribution in [0, 0.1) is 18.3 Å². The van der Waals surface area contributed by atoms with E-state index < -0.39 is 0 Å². The number of nitrogens with one attached hydrogen (secondary N) is 2. The Kier molecular flexibility index (Phi) is 4.81. The normalized spacial score (nSPS) is 10.4. The number of nitriles is 1. The van der Waals surface area contributed by atoms with E-state index in [1.165, 1.54) is 0 Å². The van der Waals surface area contributed by atoms with Crippen LogP contribution in [0.3, 0.4) is 0 Å². The molecule has 6 heteroatoms. The highest BCUT2D eigenvalue weighted by Crippen LogP contribution is 2.25. The van der Waals surface area contributed by atoms with Gasteiger partial charge in [0.1, 0.15) is 0 Å². The average Bonchev–Trinajstić information content (AvgIpc) is 3.23. The minimum absolute atomic E-state index is 0.504. The van der Waals surface area contributed by atoms with Crippen LogP contribution in [0.15, 0.2) is 66.9 Å². The molecule has 0 aliphatic rings. The molecule has 0 radical (unpaired) electrons. The number of hydrogen-bond acceptors (Lipinski definition) is 5. The van der Waals surface area contributed by atoms with Crippen LogP contribution in [0.25, 0.3) is 22.5 Å². The second kappa shape index (κ2) is 7.72. The second-order valence-electron chi connectivity index (χ2n) is 6.38. The third kappa shape index (κ3) is 3.60. The first-order chi connectivity index (χ1) is 13.7. The molecule has 0 amide bonds. The predicted octanol–water partition coefficient (Wildman–Crippen LogP) is 4.33. The first kappa shape index (κ1) is 17.4. The molecule has 2 heterocycles. The third-order valence-corrected chi connectivity index (χ3v) is 4.41. The van der Waals surface area contributed by atoms with Crippen molar-refractivity contribution in [3.8, 4) is 28.6 Å². The first-order valence-corrected chi connectivity index (χ1v) is 8.91. The lowest BCUT2D eigenvalue weighted by molar-refractivity contribution is 0.961. The summed E-state index contributed by atoms with van der Waals surface area (Å²) in [4.78, 5) is 8.98. The predicted molar refractivity (Wildman–Crippen MR) is 108 cm³/mol. The van der Waals surface area contributed by atoms with Crippen molar-refractivity contribution < 1.29 is 0 Å². The minimum Gasteiger partial charge on any atom is -0.349 e. The first-order valence-electron chi connectivity index (χ1n) is 8.91. The summed E-state index contributed by atoms with van der Waals surface area (Å²) in [6, 6.07) is 21.7. The summed E-state index contributed by atoms with van der Waals surface area (Å²) in [7, 11) is 0. The Labute approximate surface area is 162 Å². The molecular weight excluding hydrogens is 348 g/mol. The van der Waals surface area contributed by atoms with Gasteiger partial charge in [0.2, 0.25) is 5.95 Å². The number of benzene rings is 2. The molecule has 0 atom stereocenters. The SMILES string of the molecule is Cc1cnc(NCc2cc(-c3ccccc3)n[nH]2)nc1-c1ccccc1C#N. The molecule has 0 bridgehead atoms. The highest BCUT2D eigenvalue weighted by Gasteiger charge is 2.11. The molecule has 4 rings (SSSR count). The maximum atomic E-state index is 9.37. The molecule has 2 aromatic heterocycles. The zero-order chi connectivity index (χ0) is 19.3. The Hall–Kier alpha value is -3.98. The quantitative estimate of drug-likeness (QED) is 0.549. The molecule has 0 saturated carbocycles. The van der Waals surface area contributed by atoms with Gasteiger partial charge in [0.25, 0.3) is 0 Å². The van der Waals surface area contributed by atoms with E-state index in [0.29, 0.717) is 18.1 Å². The second-order valence-corrected chi connectivity index (χ2v) is 6.38. The minimum atomic E-state index is 0.504. The molecule has 28 heavy (non-hydrogen) atoms. The fourth-order valence-electron chi connectivity index (χ4n) is 2.97. The lowest BCUT2D eigenvalue weighted by Crippen LogP contribution is -2.05. The summed E-state index contributed by atoms with van der Waals surface area (Å²) in [5, 5.41) is 20.0. The van der Waals surface area contributed by atoms with Crippen LogP contribution < -0.4 is 5.32 Å². The standard InChI is InChI=1S/C22H18N6/c1-15-13-24-22(26-21(15)19-10-6-5-9-17(19)12-23)25-14-18-11-20(28-27-18)16-7-3-2-4-8-16/h2-11,13H,14H2,1H3,(H,27,28)(H,24,25,26). The van der Waals surface area contributed by atoms with E-state index in [4.69, 9.17) is 0 Å². The van der Waals surface area contributed by atoms with Gasteiger partial charge in [0, 0.05) is 17.3 Å². The fourth-order valence-corrected chi connectivity index (χ4v) is 2.97. The molecule has 2 N–H and O–H groups in total. The van der Waals surface area contributed by atoms with Crippen LogP contribution in [0.2, 0.25) is 0 Å². The number of rotatable bonds is 5. The van der Waals surface area contributed by atoms with Gasteiger partial charge in [0.15, 0.2) is 0 Å². The molecular formula is C22H18N6. The van der Waals surface area contributed by atoms with Gasteiger partial charge in [-0.15, -0.1) is 0 Å². The van der Waals surface area contributed by atoms with Gasteiger partial charge in [-0.25, -0.2) is 9.97 Å². The van der Waals surface area contributed by atoms with Gasteiger partial charge >= 0.3 is 0 Å². The van der Waals surface area contributed by atoms with Crippen LogP contribution in [0.4, 0.5) is 5.95 Å². The van der Waals surface area contributed by atoms with Crippen LogP contribution in [-0.2, 0) is 6.54 Å². The Morgan fingerprint density at radius 3 is 2.68 bits per heavy atom. The highest BCUT2D eigenvalue weighted by atomic mass is 15.2. The molecule has 0 unspecified atom stereocenters. The van der Waals surface area contributed by atoms with E-state index in [0.717, 1.165) is 33.8 Å². The van der Waals surface area contributed by atoms with Crippen LogP contribution in [-0.4, -0.2) is 20.2 Å². The molecule has 4 aromatic rings. The Morgan fingerprint density at radius 2 is 1.86 bits per heavy atom. The van der Waals surface area contributed by atoms with Gasteiger partial charge in [0.05, 0.1) is 35.3 Å². The summed E-state index contributed by atoms with van der Waals surface area (Å²) < 4.78 is 0. The van der Waals surface area contributed by atoms with Gasteiger partial charge in [-0.05, 0) is 24.6 Å². The summed E-state index contributed by atoms with van der Waals surface area (Å²) in [5.74, 6) is 0.504. The van der Waals surface area contributed by atoms with Gasteiger partial charge in [-0.3, -0.25) is 5.10 Å². The van der Waals surface area contributed by atoms with Gasteiger partial charge < -0.3 is 5.32 Å². The zero-order valence-electron chi connectivity index (χ0n) is 15.3. The van der Waals surface area contributed by atoms with Crippen molar-refractivity contribution in [3.63, 3.8) is 0 Å². The van der Waals surface area contributed by atoms with Crippen LogP contribution in [0.5, 0.6) is 0 Å². The monoisotopic (exact) mass is 366 g/mol. The van der Waals surface area contributed by atoms with Crippen molar-refractivity contribution in [1.82, 2.24) is 20.2 Å². The Bertz CT molecular complexity index is 1140. The molecule has 0 saturated heterocycles. The summed E-state index contributed by atoms with van der Waals surface area (Å²) in [6.07, 6.45) is 1.77. The molecule has 0 aliphatic heterocycles. The van der Waals surface area contributed by atoms with E-state index in [1.807, 2.05) is 61.5 Å².